The number of hydrogen-bond donors (Lipinski definition) is 1. The predicted molar refractivity (Wildman–Crippen MR) is 54.4 cm³/mol. The molecule has 0 saturated carbocycles. The summed E-state index contributed by atoms with van der Waals surface area (Å²) in [6.45, 7) is 0.355. The zero-order valence-electron chi connectivity index (χ0n) is 8.42. The van der Waals surface area contributed by atoms with Crippen molar-refractivity contribution in [2.24, 2.45) is 5.73 Å². The molecule has 0 bridgehead atoms. The molecular formula is C9H13N3O3. The van der Waals surface area contributed by atoms with E-state index in [0.717, 1.165) is 0 Å². The number of aromatic nitrogens is 1. The number of pyridine rings is 1. The molecular weight excluding hydrogens is 198 g/mol. The Balaban J connectivity index is 2.79. The van der Waals surface area contributed by atoms with Crippen LogP contribution >= 0.6 is 0 Å². The van der Waals surface area contributed by atoms with Gasteiger partial charge in [-0.25, -0.2) is 0 Å². The maximum Gasteiger partial charge on any atom is 0.290 e. The number of methoxy groups -OCH3 is 1. The number of rotatable bonds is 5. The van der Waals surface area contributed by atoms with Crippen LogP contribution in [0.2, 0.25) is 0 Å². The molecule has 0 aliphatic carbocycles. The average Bonchev–Trinajstić information content (AvgIpc) is 2.18. The Hall–Kier alpha value is -1.53. The lowest BCUT2D eigenvalue weighted by Crippen LogP contribution is -2.28. The van der Waals surface area contributed by atoms with Crippen LogP contribution in [0.4, 0.5) is 5.69 Å². The number of ether oxygens (including phenoxy) is 1. The highest BCUT2D eigenvalue weighted by Gasteiger charge is 2.16. The molecule has 0 aliphatic rings. The van der Waals surface area contributed by atoms with Gasteiger partial charge in [-0.05, 0) is 6.07 Å². The van der Waals surface area contributed by atoms with Crippen LogP contribution in [0.1, 0.15) is 5.69 Å². The molecule has 1 unspecified atom stereocenters. The fourth-order valence-electron chi connectivity index (χ4n) is 1.27. The Kier molecular flexibility index (Phi) is 4.14. The molecule has 0 aliphatic heterocycles. The zero-order chi connectivity index (χ0) is 11.3. The van der Waals surface area contributed by atoms with E-state index in [9.17, 15) is 10.1 Å². The Morgan fingerprint density at radius 1 is 1.73 bits per heavy atom. The SMILES string of the molecule is COCC(N)Cc1ncccc1[N+](=O)[O-]. The van der Waals surface area contributed by atoms with Gasteiger partial charge in [0.05, 0.1) is 11.5 Å². The van der Waals surface area contributed by atoms with Crippen LogP contribution in [0.15, 0.2) is 18.3 Å². The molecule has 0 saturated heterocycles. The highest BCUT2D eigenvalue weighted by atomic mass is 16.6. The van der Waals surface area contributed by atoms with Gasteiger partial charge in [0.15, 0.2) is 0 Å². The van der Waals surface area contributed by atoms with Crippen molar-refractivity contribution < 1.29 is 9.66 Å². The van der Waals surface area contributed by atoms with E-state index in [0.29, 0.717) is 18.7 Å². The summed E-state index contributed by atoms with van der Waals surface area (Å²) in [5.74, 6) is 0. The fourth-order valence-corrected chi connectivity index (χ4v) is 1.27. The normalized spacial score (nSPS) is 12.4. The lowest BCUT2D eigenvalue weighted by atomic mass is 10.1. The first-order valence-corrected chi connectivity index (χ1v) is 4.48. The molecule has 1 atom stereocenters. The second-order valence-corrected chi connectivity index (χ2v) is 3.15. The first kappa shape index (κ1) is 11.5. The summed E-state index contributed by atoms with van der Waals surface area (Å²) in [4.78, 5) is 14.1. The van der Waals surface area contributed by atoms with Gasteiger partial charge in [-0.15, -0.1) is 0 Å². The number of nitrogens with two attached hydrogens (primary N) is 1. The average molecular weight is 211 g/mol. The van der Waals surface area contributed by atoms with Crippen LogP contribution < -0.4 is 5.73 Å². The Labute approximate surface area is 87.2 Å². The van der Waals surface area contributed by atoms with Crippen LogP contribution in [-0.2, 0) is 11.2 Å². The van der Waals surface area contributed by atoms with E-state index in [-0.39, 0.29) is 11.7 Å². The summed E-state index contributed by atoms with van der Waals surface area (Å²) >= 11 is 0. The highest BCUT2D eigenvalue weighted by molar-refractivity contribution is 5.34. The molecule has 0 radical (unpaired) electrons. The molecule has 82 valence electrons. The van der Waals surface area contributed by atoms with Gasteiger partial charge in [-0.3, -0.25) is 15.1 Å². The summed E-state index contributed by atoms with van der Waals surface area (Å²) in [5.41, 5.74) is 6.10. The van der Waals surface area contributed by atoms with Gasteiger partial charge < -0.3 is 10.5 Å². The smallest absolute Gasteiger partial charge is 0.290 e. The molecule has 1 heterocycles. The molecule has 15 heavy (non-hydrogen) atoms. The summed E-state index contributed by atoms with van der Waals surface area (Å²) in [5, 5.41) is 10.7. The predicted octanol–water partition coefficient (Wildman–Crippen LogP) is 0.506. The molecule has 1 rings (SSSR count). The lowest BCUT2D eigenvalue weighted by molar-refractivity contribution is -0.386. The van der Waals surface area contributed by atoms with Crippen LogP contribution in [0, 0.1) is 10.1 Å². The van der Waals surface area contributed by atoms with Gasteiger partial charge in [0.2, 0.25) is 0 Å². The van der Waals surface area contributed by atoms with Crippen molar-refractivity contribution in [2.75, 3.05) is 13.7 Å². The molecule has 2 N–H and O–H groups in total. The molecule has 1 aromatic heterocycles. The lowest BCUT2D eigenvalue weighted by Gasteiger charge is -2.09. The third kappa shape index (κ3) is 3.26. The largest absolute Gasteiger partial charge is 0.383 e. The summed E-state index contributed by atoms with van der Waals surface area (Å²) < 4.78 is 4.85. The van der Waals surface area contributed by atoms with E-state index >= 15 is 0 Å². The van der Waals surface area contributed by atoms with Gasteiger partial charge >= 0.3 is 0 Å². The first-order valence-electron chi connectivity index (χ1n) is 4.48. The Bertz CT molecular complexity index is 343. The van der Waals surface area contributed by atoms with Crippen molar-refractivity contribution in [3.8, 4) is 0 Å². The second kappa shape index (κ2) is 5.38. The third-order valence-corrected chi connectivity index (χ3v) is 1.90. The minimum atomic E-state index is -0.456. The number of hydrogen-bond acceptors (Lipinski definition) is 5. The molecule has 6 heteroatoms. The summed E-state index contributed by atoms with van der Waals surface area (Å²) in [6.07, 6.45) is 1.85. The van der Waals surface area contributed by atoms with E-state index in [1.54, 1.807) is 0 Å². The van der Waals surface area contributed by atoms with Gasteiger partial charge in [0, 0.05) is 31.8 Å². The molecule has 6 nitrogen and oxygen atoms in total. The molecule has 1 aromatic rings. The highest BCUT2D eigenvalue weighted by Crippen LogP contribution is 2.16. The number of nitro groups is 1. The Morgan fingerprint density at radius 3 is 3.07 bits per heavy atom. The topological polar surface area (TPSA) is 91.3 Å². The van der Waals surface area contributed by atoms with Crippen LogP contribution in [0.5, 0.6) is 0 Å². The fraction of sp³-hybridized carbons (Fsp3) is 0.444. The van der Waals surface area contributed by atoms with Crippen molar-refractivity contribution in [2.45, 2.75) is 12.5 Å². The maximum atomic E-state index is 10.7. The van der Waals surface area contributed by atoms with Crippen molar-refractivity contribution in [3.63, 3.8) is 0 Å². The quantitative estimate of drug-likeness (QED) is 0.565. The van der Waals surface area contributed by atoms with Crippen molar-refractivity contribution in [1.29, 1.82) is 0 Å². The molecule has 0 aromatic carbocycles. The van der Waals surface area contributed by atoms with E-state index in [1.807, 2.05) is 0 Å². The molecule has 0 spiro atoms. The zero-order valence-corrected chi connectivity index (χ0v) is 8.42. The molecule has 0 amide bonds. The van der Waals surface area contributed by atoms with Crippen LogP contribution in [0.25, 0.3) is 0 Å². The van der Waals surface area contributed by atoms with E-state index in [2.05, 4.69) is 4.98 Å². The minimum Gasteiger partial charge on any atom is -0.383 e. The van der Waals surface area contributed by atoms with Crippen LogP contribution in [-0.4, -0.2) is 29.7 Å². The Morgan fingerprint density at radius 2 is 2.47 bits per heavy atom. The van der Waals surface area contributed by atoms with Crippen molar-refractivity contribution in [3.05, 3.63) is 34.1 Å². The van der Waals surface area contributed by atoms with E-state index in [1.165, 1.54) is 25.4 Å². The summed E-state index contributed by atoms with van der Waals surface area (Å²) in [6, 6.07) is 2.68. The van der Waals surface area contributed by atoms with Gasteiger partial charge in [-0.1, -0.05) is 0 Å². The molecule has 0 fully saturated rings. The van der Waals surface area contributed by atoms with E-state index in [4.69, 9.17) is 10.5 Å². The number of nitrogens with zero attached hydrogens (tertiary/aromatic N) is 2. The maximum absolute atomic E-state index is 10.7. The summed E-state index contributed by atoms with van der Waals surface area (Å²) in [7, 11) is 1.53. The standard InChI is InChI=1S/C9H13N3O3/c1-15-6-7(10)5-8-9(12(13)14)3-2-4-11-8/h2-4,7H,5-6,10H2,1H3. The van der Waals surface area contributed by atoms with Crippen molar-refractivity contribution in [1.82, 2.24) is 4.98 Å². The minimum absolute atomic E-state index is 0.00375. The monoisotopic (exact) mass is 211 g/mol. The van der Waals surface area contributed by atoms with Crippen molar-refractivity contribution >= 4 is 5.69 Å². The second-order valence-electron chi connectivity index (χ2n) is 3.15. The third-order valence-electron chi connectivity index (χ3n) is 1.90. The van der Waals surface area contributed by atoms with Crippen LogP contribution in [0.3, 0.4) is 0 Å². The van der Waals surface area contributed by atoms with E-state index < -0.39 is 4.92 Å². The van der Waals surface area contributed by atoms with Gasteiger partial charge in [0.25, 0.3) is 5.69 Å². The first-order chi connectivity index (χ1) is 7.15. The van der Waals surface area contributed by atoms with Gasteiger partial charge in [-0.2, -0.15) is 0 Å². The van der Waals surface area contributed by atoms with Gasteiger partial charge in [0.1, 0.15) is 5.69 Å².